The first kappa shape index (κ1) is 13.3. The molecule has 7 nitrogen and oxygen atoms in total. The minimum Gasteiger partial charge on any atom is -0.354 e. The number of nitrogens with zero attached hydrogens (tertiary/aromatic N) is 4. The summed E-state index contributed by atoms with van der Waals surface area (Å²) in [6.07, 6.45) is 4.68. The Bertz CT molecular complexity index is 520. The Labute approximate surface area is 111 Å². The van der Waals surface area contributed by atoms with E-state index in [9.17, 15) is 4.79 Å². The molecule has 0 fully saturated rings. The summed E-state index contributed by atoms with van der Waals surface area (Å²) >= 11 is 0. The van der Waals surface area contributed by atoms with Gasteiger partial charge in [-0.25, -0.2) is 0 Å². The van der Waals surface area contributed by atoms with Gasteiger partial charge in [0, 0.05) is 31.8 Å². The summed E-state index contributed by atoms with van der Waals surface area (Å²) in [5.41, 5.74) is 0. The topological polar surface area (TPSA) is 85.8 Å². The lowest BCUT2D eigenvalue weighted by Crippen LogP contribution is -2.32. The smallest absolute Gasteiger partial charge is 0.244 e. The Kier molecular flexibility index (Phi) is 4.27. The van der Waals surface area contributed by atoms with E-state index in [1.807, 2.05) is 6.92 Å². The van der Waals surface area contributed by atoms with Gasteiger partial charge < -0.3 is 9.84 Å². The molecule has 0 spiro atoms. The number of carbonyl (C=O) groups excluding carboxylic acids is 1. The Hall–Kier alpha value is -2.18. The van der Waals surface area contributed by atoms with E-state index >= 15 is 0 Å². The molecule has 0 saturated carbocycles. The molecule has 7 heteroatoms. The van der Waals surface area contributed by atoms with Crippen LogP contribution in [0.2, 0.25) is 0 Å². The fourth-order valence-corrected chi connectivity index (χ4v) is 1.61. The molecule has 2 heterocycles. The average molecular weight is 263 g/mol. The quantitative estimate of drug-likeness (QED) is 0.831. The van der Waals surface area contributed by atoms with Crippen molar-refractivity contribution in [2.45, 2.75) is 32.7 Å². The third-order valence-corrected chi connectivity index (χ3v) is 2.77. The van der Waals surface area contributed by atoms with Crippen LogP contribution in [0.15, 0.2) is 23.0 Å². The van der Waals surface area contributed by atoms with Gasteiger partial charge >= 0.3 is 0 Å². The van der Waals surface area contributed by atoms with Crippen molar-refractivity contribution in [1.82, 2.24) is 25.2 Å². The van der Waals surface area contributed by atoms with Crippen molar-refractivity contribution in [3.05, 3.63) is 30.2 Å². The third kappa shape index (κ3) is 3.40. The van der Waals surface area contributed by atoms with Crippen LogP contribution < -0.4 is 5.32 Å². The maximum absolute atomic E-state index is 11.9. The Morgan fingerprint density at radius 3 is 3.05 bits per heavy atom. The molecule has 0 saturated heterocycles. The van der Waals surface area contributed by atoms with E-state index in [0.29, 0.717) is 24.7 Å². The molecule has 2 aromatic heterocycles. The maximum atomic E-state index is 11.9. The van der Waals surface area contributed by atoms with Gasteiger partial charge in [-0.3, -0.25) is 9.48 Å². The van der Waals surface area contributed by atoms with Gasteiger partial charge in [0.05, 0.1) is 0 Å². The van der Waals surface area contributed by atoms with Gasteiger partial charge in [0.15, 0.2) is 5.82 Å². The normalized spacial score (nSPS) is 12.3. The second kappa shape index (κ2) is 6.12. The molecule has 1 atom stereocenters. The molecule has 0 bridgehead atoms. The van der Waals surface area contributed by atoms with E-state index in [-0.39, 0.29) is 11.9 Å². The summed E-state index contributed by atoms with van der Waals surface area (Å²) < 4.78 is 6.65. The van der Waals surface area contributed by atoms with Gasteiger partial charge in [0.1, 0.15) is 6.04 Å². The molecule has 2 aromatic rings. The Balaban J connectivity index is 1.77. The van der Waals surface area contributed by atoms with Crippen LogP contribution in [0, 0.1) is 0 Å². The number of rotatable bonds is 6. The van der Waals surface area contributed by atoms with Crippen LogP contribution in [-0.2, 0) is 17.6 Å². The summed E-state index contributed by atoms with van der Waals surface area (Å²) in [4.78, 5) is 16.0. The lowest BCUT2D eigenvalue weighted by molar-refractivity contribution is -0.124. The Morgan fingerprint density at radius 1 is 1.58 bits per heavy atom. The standard InChI is InChI=1S/C12H17N5O2/c1-3-10-15-11(19-16-10)5-7-13-12(18)9(2)17-8-4-6-14-17/h4,6,8-9H,3,5,7H2,1-2H3,(H,13,18)/t9-/m0/s1. The number of hydrogen-bond acceptors (Lipinski definition) is 5. The van der Waals surface area contributed by atoms with E-state index in [4.69, 9.17) is 4.52 Å². The van der Waals surface area contributed by atoms with Crippen molar-refractivity contribution < 1.29 is 9.32 Å². The second-order valence-electron chi connectivity index (χ2n) is 4.16. The monoisotopic (exact) mass is 263 g/mol. The molecule has 0 aliphatic rings. The van der Waals surface area contributed by atoms with Gasteiger partial charge in [0.2, 0.25) is 11.8 Å². The van der Waals surface area contributed by atoms with Crippen LogP contribution >= 0.6 is 0 Å². The summed E-state index contributed by atoms with van der Waals surface area (Å²) in [6, 6.07) is 1.46. The van der Waals surface area contributed by atoms with Gasteiger partial charge in [-0.05, 0) is 13.0 Å². The lowest BCUT2D eigenvalue weighted by atomic mass is 10.3. The summed E-state index contributed by atoms with van der Waals surface area (Å²) in [6.45, 7) is 4.22. The lowest BCUT2D eigenvalue weighted by Gasteiger charge is -2.11. The fraction of sp³-hybridized carbons (Fsp3) is 0.500. The fourth-order valence-electron chi connectivity index (χ4n) is 1.61. The van der Waals surface area contributed by atoms with Crippen LogP contribution in [0.4, 0.5) is 0 Å². The highest BCUT2D eigenvalue weighted by atomic mass is 16.5. The highest BCUT2D eigenvalue weighted by Crippen LogP contribution is 2.03. The van der Waals surface area contributed by atoms with Crippen LogP contribution in [0.3, 0.4) is 0 Å². The van der Waals surface area contributed by atoms with Crippen LogP contribution in [0.1, 0.15) is 31.6 Å². The number of nitrogens with one attached hydrogen (secondary N) is 1. The van der Waals surface area contributed by atoms with E-state index < -0.39 is 0 Å². The van der Waals surface area contributed by atoms with Crippen molar-refractivity contribution in [2.75, 3.05) is 6.54 Å². The van der Waals surface area contributed by atoms with E-state index in [0.717, 1.165) is 6.42 Å². The van der Waals surface area contributed by atoms with Crippen molar-refractivity contribution in [3.8, 4) is 0 Å². The van der Waals surface area contributed by atoms with Crippen molar-refractivity contribution >= 4 is 5.91 Å². The molecule has 1 amide bonds. The predicted octanol–water partition coefficient (Wildman–Crippen LogP) is 0.748. The zero-order valence-corrected chi connectivity index (χ0v) is 11.0. The molecule has 0 unspecified atom stereocenters. The average Bonchev–Trinajstić information content (AvgIpc) is 3.08. The molecule has 19 heavy (non-hydrogen) atoms. The first-order valence-electron chi connectivity index (χ1n) is 6.29. The molecule has 2 rings (SSSR count). The van der Waals surface area contributed by atoms with E-state index in [1.54, 1.807) is 30.1 Å². The first-order chi connectivity index (χ1) is 9.20. The molecule has 1 N–H and O–H groups in total. The Morgan fingerprint density at radius 2 is 2.42 bits per heavy atom. The molecule has 0 radical (unpaired) electrons. The van der Waals surface area contributed by atoms with Gasteiger partial charge in [-0.2, -0.15) is 10.1 Å². The highest BCUT2D eigenvalue weighted by Gasteiger charge is 2.14. The van der Waals surface area contributed by atoms with E-state index in [1.165, 1.54) is 0 Å². The van der Waals surface area contributed by atoms with Crippen LogP contribution in [-0.4, -0.2) is 32.4 Å². The molecular weight excluding hydrogens is 246 g/mol. The summed E-state index contributed by atoms with van der Waals surface area (Å²) in [5.74, 6) is 1.15. The predicted molar refractivity (Wildman–Crippen MR) is 67.3 cm³/mol. The SMILES string of the molecule is CCc1noc(CCNC(=O)[C@H](C)n2cccn2)n1. The maximum Gasteiger partial charge on any atom is 0.244 e. The summed E-state index contributed by atoms with van der Waals surface area (Å²) in [7, 11) is 0. The van der Waals surface area contributed by atoms with Gasteiger partial charge in [-0.1, -0.05) is 12.1 Å². The first-order valence-corrected chi connectivity index (χ1v) is 6.29. The summed E-state index contributed by atoms with van der Waals surface area (Å²) in [5, 5.41) is 10.6. The van der Waals surface area contributed by atoms with Crippen LogP contribution in [0.5, 0.6) is 0 Å². The molecule has 0 aliphatic carbocycles. The molecular formula is C12H17N5O2. The largest absolute Gasteiger partial charge is 0.354 e. The number of carbonyl (C=O) groups is 1. The third-order valence-electron chi connectivity index (χ3n) is 2.77. The number of aromatic nitrogens is 4. The molecule has 102 valence electrons. The zero-order valence-electron chi connectivity index (χ0n) is 11.0. The molecule has 0 aliphatic heterocycles. The highest BCUT2D eigenvalue weighted by molar-refractivity contribution is 5.79. The minimum atomic E-state index is -0.330. The zero-order chi connectivity index (χ0) is 13.7. The number of hydrogen-bond donors (Lipinski definition) is 1. The van der Waals surface area contributed by atoms with Crippen molar-refractivity contribution in [3.63, 3.8) is 0 Å². The van der Waals surface area contributed by atoms with Crippen LogP contribution in [0.25, 0.3) is 0 Å². The van der Waals surface area contributed by atoms with E-state index in [2.05, 4.69) is 20.6 Å². The number of amides is 1. The molecule has 0 aromatic carbocycles. The minimum absolute atomic E-state index is 0.0843. The van der Waals surface area contributed by atoms with Crippen molar-refractivity contribution in [1.29, 1.82) is 0 Å². The van der Waals surface area contributed by atoms with Crippen molar-refractivity contribution in [2.24, 2.45) is 0 Å². The van der Waals surface area contributed by atoms with Gasteiger partial charge in [-0.15, -0.1) is 0 Å². The number of aryl methyl sites for hydroxylation is 1. The second-order valence-corrected chi connectivity index (χ2v) is 4.16. The van der Waals surface area contributed by atoms with Gasteiger partial charge in [0.25, 0.3) is 0 Å².